The number of amides is 2. The Labute approximate surface area is 145 Å². The first-order valence-corrected chi connectivity index (χ1v) is 7.56. The highest BCUT2D eigenvalue weighted by Crippen LogP contribution is 2.36. The summed E-state index contributed by atoms with van der Waals surface area (Å²) < 4.78 is 10.5. The molecule has 0 atom stereocenters. The second kappa shape index (κ2) is 8.65. The summed E-state index contributed by atoms with van der Waals surface area (Å²) >= 11 is 0. The molecule has 0 unspecified atom stereocenters. The number of nitrogens with two attached hydrogens (primary N) is 1. The van der Waals surface area contributed by atoms with Gasteiger partial charge in [-0.05, 0) is 12.1 Å². The Hall–Kier alpha value is -3.13. The molecule has 0 bridgehead atoms. The molecule has 0 fully saturated rings. The standard InChI is InChI=1S/C17H20N4O4/c1-24-14-9-12(20-16(22)3-6-18)13(10-15(14)25-2)21-17(23)11-4-7-19-8-5-11/h4-5,7-10H,3,6,18H2,1-2H3,(H,20,22)(H,21,23). The van der Waals surface area contributed by atoms with Crippen molar-refractivity contribution >= 4 is 23.2 Å². The molecule has 8 heteroatoms. The van der Waals surface area contributed by atoms with Crippen molar-refractivity contribution in [2.45, 2.75) is 6.42 Å². The molecule has 1 aromatic carbocycles. The minimum Gasteiger partial charge on any atom is -0.493 e. The molecular formula is C17H20N4O4. The maximum absolute atomic E-state index is 12.4. The average Bonchev–Trinajstić information content (AvgIpc) is 2.63. The first-order chi connectivity index (χ1) is 12.1. The zero-order valence-electron chi connectivity index (χ0n) is 14.0. The number of benzene rings is 1. The highest BCUT2D eigenvalue weighted by Gasteiger charge is 2.16. The van der Waals surface area contributed by atoms with Gasteiger partial charge in [0.15, 0.2) is 11.5 Å². The zero-order valence-corrected chi connectivity index (χ0v) is 14.0. The Morgan fingerprint density at radius 2 is 1.60 bits per heavy atom. The summed E-state index contributed by atoms with van der Waals surface area (Å²) in [6.45, 7) is 0.220. The van der Waals surface area contributed by atoms with Gasteiger partial charge in [0, 0.05) is 43.1 Å². The number of methoxy groups -OCH3 is 2. The van der Waals surface area contributed by atoms with Crippen molar-refractivity contribution in [2.75, 3.05) is 31.4 Å². The molecule has 1 heterocycles. The fourth-order valence-corrected chi connectivity index (χ4v) is 2.13. The summed E-state index contributed by atoms with van der Waals surface area (Å²) in [5, 5.41) is 5.46. The fourth-order valence-electron chi connectivity index (χ4n) is 2.13. The molecule has 0 saturated heterocycles. The van der Waals surface area contributed by atoms with Crippen molar-refractivity contribution in [1.29, 1.82) is 0 Å². The zero-order chi connectivity index (χ0) is 18.2. The monoisotopic (exact) mass is 344 g/mol. The molecule has 4 N–H and O–H groups in total. The van der Waals surface area contributed by atoms with Crippen LogP contribution in [0.2, 0.25) is 0 Å². The van der Waals surface area contributed by atoms with E-state index in [1.54, 1.807) is 24.3 Å². The van der Waals surface area contributed by atoms with Gasteiger partial charge in [0.1, 0.15) is 0 Å². The SMILES string of the molecule is COc1cc(NC(=O)CCN)c(NC(=O)c2ccncc2)cc1OC. The van der Waals surface area contributed by atoms with Crippen LogP contribution in [0.15, 0.2) is 36.7 Å². The van der Waals surface area contributed by atoms with Crippen LogP contribution in [0.3, 0.4) is 0 Å². The van der Waals surface area contributed by atoms with Gasteiger partial charge in [0.05, 0.1) is 25.6 Å². The normalized spacial score (nSPS) is 10.0. The Kier molecular flexibility index (Phi) is 6.30. The first-order valence-electron chi connectivity index (χ1n) is 7.56. The lowest BCUT2D eigenvalue weighted by atomic mass is 10.2. The van der Waals surface area contributed by atoms with Gasteiger partial charge in [0.25, 0.3) is 5.91 Å². The number of hydrogen-bond donors (Lipinski definition) is 3. The number of carbonyl (C=O) groups is 2. The topological polar surface area (TPSA) is 116 Å². The molecule has 0 spiro atoms. The summed E-state index contributed by atoms with van der Waals surface area (Å²) in [5.74, 6) is 0.231. The second-order valence-electron chi connectivity index (χ2n) is 5.03. The number of carbonyl (C=O) groups excluding carboxylic acids is 2. The lowest BCUT2D eigenvalue weighted by Crippen LogP contribution is -2.19. The van der Waals surface area contributed by atoms with Gasteiger partial charge in [-0.1, -0.05) is 0 Å². The Bertz CT molecular complexity index is 750. The van der Waals surface area contributed by atoms with Gasteiger partial charge in [-0.3, -0.25) is 14.6 Å². The van der Waals surface area contributed by atoms with Crippen LogP contribution < -0.4 is 25.8 Å². The van der Waals surface area contributed by atoms with E-state index in [4.69, 9.17) is 15.2 Å². The van der Waals surface area contributed by atoms with E-state index in [2.05, 4.69) is 15.6 Å². The molecule has 2 amide bonds. The highest BCUT2D eigenvalue weighted by atomic mass is 16.5. The van der Waals surface area contributed by atoms with Crippen LogP contribution >= 0.6 is 0 Å². The minimum atomic E-state index is -0.344. The summed E-state index contributed by atoms with van der Waals surface area (Å²) in [6, 6.07) is 6.33. The number of pyridine rings is 1. The van der Waals surface area contributed by atoms with Crippen LogP contribution in [0.25, 0.3) is 0 Å². The van der Waals surface area contributed by atoms with E-state index in [9.17, 15) is 9.59 Å². The summed E-state index contributed by atoms with van der Waals surface area (Å²) in [5.41, 5.74) is 6.60. The van der Waals surface area contributed by atoms with E-state index >= 15 is 0 Å². The highest BCUT2D eigenvalue weighted by molar-refractivity contribution is 6.07. The molecule has 132 valence electrons. The third-order valence-electron chi connectivity index (χ3n) is 3.36. The molecule has 8 nitrogen and oxygen atoms in total. The lowest BCUT2D eigenvalue weighted by Gasteiger charge is -2.16. The lowest BCUT2D eigenvalue weighted by molar-refractivity contribution is -0.116. The molecule has 0 aliphatic carbocycles. The van der Waals surface area contributed by atoms with Gasteiger partial charge in [-0.25, -0.2) is 0 Å². The van der Waals surface area contributed by atoms with Gasteiger partial charge < -0.3 is 25.8 Å². The number of rotatable bonds is 7. The van der Waals surface area contributed by atoms with Crippen LogP contribution in [0.5, 0.6) is 11.5 Å². The number of nitrogens with one attached hydrogen (secondary N) is 2. The van der Waals surface area contributed by atoms with E-state index in [-0.39, 0.29) is 24.8 Å². The molecule has 0 aliphatic heterocycles. The van der Waals surface area contributed by atoms with E-state index in [1.165, 1.54) is 26.6 Å². The number of anilines is 2. The molecule has 0 saturated carbocycles. The van der Waals surface area contributed by atoms with Crippen molar-refractivity contribution in [1.82, 2.24) is 4.98 Å². The van der Waals surface area contributed by atoms with Crippen LogP contribution in [-0.4, -0.2) is 37.6 Å². The maximum atomic E-state index is 12.4. The molecule has 1 aromatic heterocycles. The predicted molar refractivity (Wildman–Crippen MR) is 94.0 cm³/mol. The maximum Gasteiger partial charge on any atom is 0.255 e. The van der Waals surface area contributed by atoms with Crippen LogP contribution in [-0.2, 0) is 4.79 Å². The summed E-state index contributed by atoms with van der Waals surface area (Å²) in [6.07, 6.45) is 3.20. The molecule has 0 aliphatic rings. The average molecular weight is 344 g/mol. The van der Waals surface area contributed by atoms with Gasteiger partial charge in [0.2, 0.25) is 5.91 Å². The molecule has 2 aromatic rings. The van der Waals surface area contributed by atoms with Gasteiger partial charge >= 0.3 is 0 Å². The number of ether oxygens (including phenoxy) is 2. The summed E-state index contributed by atoms with van der Waals surface area (Å²) in [4.78, 5) is 28.2. The van der Waals surface area contributed by atoms with E-state index in [0.29, 0.717) is 28.4 Å². The van der Waals surface area contributed by atoms with Gasteiger partial charge in [-0.15, -0.1) is 0 Å². The van der Waals surface area contributed by atoms with E-state index < -0.39 is 0 Å². The predicted octanol–water partition coefficient (Wildman–Crippen LogP) is 1.64. The molecular weight excluding hydrogens is 324 g/mol. The van der Waals surface area contributed by atoms with Crippen LogP contribution in [0.4, 0.5) is 11.4 Å². The second-order valence-corrected chi connectivity index (χ2v) is 5.03. The van der Waals surface area contributed by atoms with Crippen LogP contribution in [0.1, 0.15) is 16.8 Å². The van der Waals surface area contributed by atoms with Crippen molar-refractivity contribution in [3.63, 3.8) is 0 Å². The van der Waals surface area contributed by atoms with Crippen molar-refractivity contribution < 1.29 is 19.1 Å². The van der Waals surface area contributed by atoms with E-state index in [1.807, 2.05) is 0 Å². The van der Waals surface area contributed by atoms with Gasteiger partial charge in [-0.2, -0.15) is 0 Å². The van der Waals surface area contributed by atoms with Crippen molar-refractivity contribution in [3.05, 3.63) is 42.2 Å². The summed E-state index contributed by atoms with van der Waals surface area (Å²) in [7, 11) is 2.97. The Morgan fingerprint density at radius 1 is 1.04 bits per heavy atom. The van der Waals surface area contributed by atoms with Crippen molar-refractivity contribution in [2.24, 2.45) is 5.73 Å². The minimum absolute atomic E-state index is 0.159. The fraction of sp³-hybridized carbons (Fsp3) is 0.235. The largest absolute Gasteiger partial charge is 0.493 e. The smallest absolute Gasteiger partial charge is 0.255 e. The third-order valence-corrected chi connectivity index (χ3v) is 3.36. The van der Waals surface area contributed by atoms with E-state index in [0.717, 1.165) is 0 Å². The molecule has 2 rings (SSSR count). The van der Waals surface area contributed by atoms with Crippen LogP contribution in [0, 0.1) is 0 Å². The Morgan fingerprint density at radius 3 is 2.12 bits per heavy atom. The molecule has 25 heavy (non-hydrogen) atoms. The number of hydrogen-bond acceptors (Lipinski definition) is 6. The first kappa shape index (κ1) is 18.2. The van der Waals surface area contributed by atoms with Crippen molar-refractivity contribution in [3.8, 4) is 11.5 Å². The quantitative estimate of drug-likeness (QED) is 0.703. The number of nitrogens with zero attached hydrogens (tertiary/aromatic N) is 1. The third kappa shape index (κ3) is 4.67. The Balaban J connectivity index is 2.35. The number of aromatic nitrogens is 1. The molecule has 0 radical (unpaired) electrons.